The predicted octanol–water partition coefficient (Wildman–Crippen LogP) is 0.904. The smallest absolute Gasteiger partial charge is 0.212 e. The van der Waals surface area contributed by atoms with E-state index in [9.17, 15) is 0 Å². The zero-order chi connectivity index (χ0) is 9.60. The summed E-state index contributed by atoms with van der Waals surface area (Å²) in [6.45, 7) is 2.38. The lowest BCUT2D eigenvalue weighted by atomic mass is 9.69. The van der Waals surface area contributed by atoms with Crippen LogP contribution in [0.5, 0.6) is 5.88 Å². The average Bonchev–Trinajstić information content (AvgIpc) is 2.56. The van der Waals surface area contributed by atoms with Gasteiger partial charge in [-0.05, 0) is 12.8 Å². The van der Waals surface area contributed by atoms with Gasteiger partial charge in [0.25, 0.3) is 0 Å². The minimum Gasteiger partial charge on any atom is -0.477 e. The van der Waals surface area contributed by atoms with Crippen LogP contribution in [0.1, 0.15) is 25.0 Å². The molecule has 2 heterocycles. The Morgan fingerprint density at radius 1 is 1.57 bits per heavy atom. The van der Waals surface area contributed by atoms with Crippen molar-refractivity contribution in [2.45, 2.75) is 32.4 Å². The molecule has 76 valence electrons. The summed E-state index contributed by atoms with van der Waals surface area (Å²) in [5.41, 5.74) is 6.87. The van der Waals surface area contributed by atoms with Crippen molar-refractivity contribution in [1.82, 2.24) is 9.78 Å². The SMILES string of the molecule is NCc1cc2n(n1)CC1(CCC1)CO2. The Balaban J connectivity index is 1.89. The molecule has 14 heavy (non-hydrogen) atoms. The number of rotatable bonds is 1. The molecule has 1 aromatic rings. The highest BCUT2D eigenvalue weighted by molar-refractivity contribution is 5.18. The average molecular weight is 193 g/mol. The Kier molecular flexibility index (Phi) is 1.62. The second-order valence-electron chi connectivity index (χ2n) is 4.48. The fourth-order valence-electron chi connectivity index (χ4n) is 2.35. The number of fused-ring (bicyclic) bond motifs is 1. The molecule has 0 amide bonds. The van der Waals surface area contributed by atoms with E-state index in [0.29, 0.717) is 12.0 Å². The molecular formula is C10H15N3O. The molecule has 0 aromatic carbocycles. The Labute approximate surface area is 83.0 Å². The van der Waals surface area contributed by atoms with Gasteiger partial charge in [-0.2, -0.15) is 5.10 Å². The van der Waals surface area contributed by atoms with Crippen LogP contribution in [0, 0.1) is 5.41 Å². The minimum absolute atomic E-state index is 0.394. The number of aromatic nitrogens is 2. The van der Waals surface area contributed by atoms with Crippen LogP contribution >= 0.6 is 0 Å². The van der Waals surface area contributed by atoms with Gasteiger partial charge >= 0.3 is 0 Å². The van der Waals surface area contributed by atoms with Crippen LogP contribution < -0.4 is 10.5 Å². The summed E-state index contributed by atoms with van der Waals surface area (Å²) in [7, 11) is 0. The maximum absolute atomic E-state index is 5.71. The topological polar surface area (TPSA) is 53.1 Å². The van der Waals surface area contributed by atoms with E-state index in [1.807, 2.05) is 10.7 Å². The highest BCUT2D eigenvalue weighted by Gasteiger charge is 2.41. The number of hydrogen-bond acceptors (Lipinski definition) is 3. The summed E-state index contributed by atoms with van der Waals surface area (Å²) in [5, 5.41) is 4.41. The molecule has 1 fully saturated rings. The van der Waals surface area contributed by atoms with Crippen LogP contribution in [0.3, 0.4) is 0 Å². The van der Waals surface area contributed by atoms with E-state index in [-0.39, 0.29) is 0 Å². The lowest BCUT2D eigenvalue weighted by Gasteiger charge is -2.43. The number of nitrogens with zero attached hydrogens (tertiary/aromatic N) is 2. The van der Waals surface area contributed by atoms with E-state index in [0.717, 1.165) is 24.7 Å². The van der Waals surface area contributed by atoms with Gasteiger partial charge in [0.05, 0.1) is 18.8 Å². The summed E-state index contributed by atoms with van der Waals surface area (Å²) in [5.74, 6) is 0.892. The van der Waals surface area contributed by atoms with Gasteiger partial charge in [-0.3, -0.25) is 0 Å². The van der Waals surface area contributed by atoms with Crippen LogP contribution in [0.4, 0.5) is 0 Å². The molecule has 0 bridgehead atoms. The normalized spacial score (nSPS) is 22.6. The van der Waals surface area contributed by atoms with Crippen molar-refractivity contribution in [3.05, 3.63) is 11.8 Å². The molecule has 1 aliphatic carbocycles. The Morgan fingerprint density at radius 3 is 3.07 bits per heavy atom. The minimum atomic E-state index is 0.394. The van der Waals surface area contributed by atoms with E-state index in [2.05, 4.69) is 5.10 Å². The zero-order valence-corrected chi connectivity index (χ0v) is 8.20. The van der Waals surface area contributed by atoms with Crippen molar-refractivity contribution in [1.29, 1.82) is 0 Å². The first-order valence-electron chi connectivity index (χ1n) is 5.21. The quantitative estimate of drug-likeness (QED) is 0.721. The summed E-state index contributed by atoms with van der Waals surface area (Å²) >= 11 is 0. The summed E-state index contributed by atoms with van der Waals surface area (Å²) in [6, 6.07) is 1.95. The molecule has 4 heteroatoms. The van der Waals surface area contributed by atoms with E-state index in [1.165, 1.54) is 19.3 Å². The van der Waals surface area contributed by atoms with Crippen LogP contribution in [-0.2, 0) is 13.1 Å². The van der Waals surface area contributed by atoms with Gasteiger partial charge in [0, 0.05) is 18.0 Å². The van der Waals surface area contributed by atoms with Gasteiger partial charge in [-0.25, -0.2) is 4.68 Å². The standard InChI is InChI=1S/C10H15N3O/c11-5-8-4-9-13(12-8)6-10(7-14-9)2-1-3-10/h4H,1-3,5-7,11H2. The first-order chi connectivity index (χ1) is 6.81. The molecule has 0 radical (unpaired) electrons. The largest absolute Gasteiger partial charge is 0.477 e. The molecule has 1 spiro atoms. The van der Waals surface area contributed by atoms with Crippen molar-refractivity contribution < 1.29 is 4.74 Å². The van der Waals surface area contributed by atoms with Crippen molar-refractivity contribution in [2.24, 2.45) is 11.1 Å². The zero-order valence-electron chi connectivity index (χ0n) is 8.20. The second-order valence-corrected chi connectivity index (χ2v) is 4.48. The predicted molar refractivity (Wildman–Crippen MR) is 51.9 cm³/mol. The molecule has 1 saturated carbocycles. The van der Waals surface area contributed by atoms with Crippen molar-refractivity contribution >= 4 is 0 Å². The number of ether oxygens (including phenoxy) is 1. The third-order valence-corrected chi connectivity index (χ3v) is 3.43. The number of nitrogens with two attached hydrogens (primary N) is 1. The maximum Gasteiger partial charge on any atom is 0.212 e. The van der Waals surface area contributed by atoms with Crippen LogP contribution in [0.15, 0.2) is 6.07 Å². The van der Waals surface area contributed by atoms with Crippen LogP contribution in [0.25, 0.3) is 0 Å². The molecule has 2 aliphatic rings. The van der Waals surface area contributed by atoms with Crippen LogP contribution in [-0.4, -0.2) is 16.4 Å². The third-order valence-electron chi connectivity index (χ3n) is 3.43. The van der Waals surface area contributed by atoms with Crippen molar-refractivity contribution in [3.8, 4) is 5.88 Å². The van der Waals surface area contributed by atoms with Crippen LogP contribution in [0.2, 0.25) is 0 Å². The first kappa shape index (κ1) is 8.29. The van der Waals surface area contributed by atoms with Crippen molar-refractivity contribution in [3.63, 3.8) is 0 Å². The first-order valence-corrected chi connectivity index (χ1v) is 5.21. The fraction of sp³-hybridized carbons (Fsp3) is 0.700. The summed E-state index contributed by atoms with van der Waals surface area (Å²) in [6.07, 6.45) is 3.90. The molecule has 0 unspecified atom stereocenters. The Hall–Kier alpha value is -1.03. The monoisotopic (exact) mass is 193 g/mol. The molecule has 3 rings (SSSR count). The lowest BCUT2D eigenvalue weighted by Crippen LogP contribution is -2.43. The van der Waals surface area contributed by atoms with E-state index in [1.54, 1.807) is 0 Å². The van der Waals surface area contributed by atoms with Gasteiger partial charge in [-0.15, -0.1) is 0 Å². The molecule has 2 N–H and O–H groups in total. The van der Waals surface area contributed by atoms with E-state index in [4.69, 9.17) is 10.5 Å². The Morgan fingerprint density at radius 2 is 2.43 bits per heavy atom. The fourth-order valence-corrected chi connectivity index (χ4v) is 2.35. The molecule has 0 saturated heterocycles. The molecule has 4 nitrogen and oxygen atoms in total. The molecular weight excluding hydrogens is 178 g/mol. The molecule has 0 atom stereocenters. The van der Waals surface area contributed by atoms with Gasteiger partial charge in [0.1, 0.15) is 0 Å². The summed E-state index contributed by atoms with van der Waals surface area (Å²) < 4.78 is 7.69. The summed E-state index contributed by atoms with van der Waals surface area (Å²) in [4.78, 5) is 0. The third kappa shape index (κ3) is 1.07. The van der Waals surface area contributed by atoms with Gasteiger partial charge in [0.2, 0.25) is 5.88 Å². The van der Waals surface area contributed by atoms with Crippen molar-refractivity contribution in [2.75, 3.05) is 6.61 Å². The second kappa shape index (κ2) is 2.73. The number of hydrogen-bond donors (Lipinski definition) is 1. The maximum atomic E-state index is 5.71. The molecule has 1 aromatic heterocycles. The van der Waals surface area contributed by atoms with Gasteiger partial charge in [0.15, 0.2) is 0 Å². The molecule has 1 aliphatic heterocycles. The van der Waals surface area contributed by atoms with E-state index >= 15 is 0 Å². The van der Waals surface area contributed by atoms with Gasteiger partial charge < -0.3 is 10.5 Å². The highest BCUT2D eigenvalue weighted by atomic mass is 16.5. The van der Waals surface area contributed by atoms with E-state index < -0.39 is 0 Å². The van der Waals surface area contributed by atoms with Gasteiger partial charge in [-0.1, -0.05) is 6.42 Å². The highest BCUT2D eigenvalue weighted by Crippen LogP contribution is 2.45. The lowest BCUT2D eigenvalue weighted by molar-refractivity contribution is 0.00184. The Bertz CT molecular complexity index is 354.